The number of hydrogen-bond donors (Lipinski definition) is 2. The lowest BCUT2D eigenvalue weighted by Gasteiger charge is -2.33. The van der Waals surface area contributed by atoms with Crippen LogP contribution in [0.25, 0.3) is 0 Å². The van der Waals surface area contributed by atoms with E-state index in [9.17, 15) is 14.7 Å². The number of carbonyl (C=O) groups excluding carboxylic acids is 1. The molecule has 0 aliphatic carbocycles. The highest BCUT2D eigenvalue weighted by Crippen LogP contribution is 2.26. The molecule has 1 saturated heterocycles. The van der Waals surface area contributed by atoms with Gasteiger partial charge in [0, 0.05) is 18.3 Å². The Labute approximate surface area is 117 Å². The number of methoxy groups -OCH3 is 1. The summed E-state index contributed by atoms with van der Waals surface area (Å²) in [6.07, 6.45) is 2.12. The van der Waals surface area contributed by atoms with E-state index >= 15 is 0 Å². The molecular weight excluding hydrogens is 260 g/mol. The molecule has 108 valence electrons. The quantitative estimate of drug-likeness (QED) is 0.814. The van der Waals surface area contributed by atoms with Crippen molar-refractivity contribution in [2.75, 3.05) is 19.4 Å². The Morgan fingerprint density at radius 1 is 1.40 bits per heavy atom. The van der Waals surface area contributed by atoms with Gasteiger partial charge in [0.15, 0.2) is 0 Å². The van der Waals surface area contributed by atoms with Gasteiger partial charge in [0.25, 0.3) is 5.91 Å². The molecule has 1 atom stereocenters. The van der Waals surface area contributed by atoms with Crippen molar-refractivity contribution in [2.45, 2.75) is 25.3 Å². The lowest BCUT2D eigenvalue weighted by Crippen LogP contribution is -2.48. The van der Waals surface area contributed by atoms with Gasteiger partial charge in [-0.05, 0) is 31.4 Å². The van der Waals surface area contributed by atoms with Gasteiger partial charge < -0.3 is 20.5 Å². The average Bonchev–Trinajstić information content (AvgIpc) is 2.46. The Morgan fingerprint density at radius 3 is 2.80 bits per heavy atom. The molecule has 0 bridgehead atoms. The molecule has 2 rings (SSSR count). The first kappa shape index (κ1) is 14.2. The number of amides is 1. The minimum absolute atomic E-state index is 0.325. The second-order valence-corrected chi connectivity index (χ2v) is 4.81. The molecule has 3 N–H and O–H groups in total. The molecule has 6 heteroatoms. The highest BCUT2D eigenvalue weighted by atomic mass is 16.5. The third kappa shape index (κ3) is 2.68. The van der Waals surface area contributed by atoms with Gasteiger partial charge in [-0.2, -0.15) is 0 Å². The van der Waals surface area contributed by atoms with Crippen LogP contribution >= 0.6 is 0 Å². The largest absolute Gasteiger partial charge is 0.496 e. The minimum atomic E-state index is -0.965. The monoisotopic (exact) mass is 278 g/mol. The van der Waals surface area contributed by atoms with Crippen molar-refractivity contribution < 1.29 is 19.4 Å². The lowest BCUT2D eigenvalue weighted by atomic mass is 10.0. The van der Waals surface area contributed by atoms with Crippen molar-refractivity contribution in [3.05, 3.63) is 23.8 Å². The molecule has 1 fully saturated rings. The highest BCUT2D eigenvalue weighted by molar-refractivity contribution is 5.99. The molecule has 0 radical (unpaired) electrons. The van der Waals surface area contributed by atoms with E-state index in [2.05, 4.69) is 0 Å². The van der Waals surface area contributed by atoms with E-state index in [0.717, 1.165) is 12.8 Å². The number of piperidine rings is 1. The molecule has 6 nitrogen and oxygen atoms in total. The van der Waals surface area contributed by atoms with Gasteiger partial charge in [0.1, 0.15) is 11.8 Å². The van der Waals surface area contributed by atoms with E-state index in [4.69, 9.17) is 10.5 Å². The third-order valence-corrected chi connectivity index (χ3v) is 3.50. The van der Waals surface area contributed by atoms with E-state index in [1.165, 1.54) is 12.0 Å². The Bertz CT molecular complexity index is 530. The van der Waals surface area contributed by atoms with E-state index < -0.39 is 12.0 Å². The van der Waals surface area contributed by atoms with E-state index in [0.29, 0.717) is 30.0 Å². The van der Waals surface area contributed by atoms with Crippen LogP contribution in [0.3, 0.4) is 0 Å². The summed E-state index contributed by atoms with van der Waals surface area (Å²) >= 11 is 0. The van der Waals surface area contributed by atoms with Crippen molar-refractivity contribution in [3.63, 3.8) is 0 Å². The number of likely N-dealkylation sites (tertiary alicyclic amines) is 1. The van der Waals surface area contributed by atoms with Crippen LogP contribution in [0.15, 0.2) is 18.2 Å². The van der Waals surface area contributed by atoms with Gasteiger partial charge in [-0.25, -0.2) is 4.79 Å². The maximum Gasteiger partial charge on any atom is 0.326 e. The van der Waals surface area contributed by atoms with Crippen LogP contribution < -0.4 is 10.5 Å². The first-order chi connectivity index (χ1) is 9.54. The van der Waals surface area contributed by atoms with Crippen LogP contribution in [-0.4, -0.2) is 41.6 Å². The van der Waals surface area contributed by atoms with E-state index in [1.807, 2.05) is 0 Å². The number of nitrogen functional groups attached to an aromatic ring is 1. The lowest BCUT2D eigenvalue weighted by molar-refractivity contribution is -0.143. The molecule has 1 aromatic carbocycles. The molecule has 0 aromatic heterocycles. The zero-order valence-corrected chi connectivity index (χ0v) is 11.3. The van der Waals surface area contributed by atoms with Gasteiger partial charge >= 0.3 is 5.97 Å². The van der Waals surface area contributed by atoms with Crippen LogP contribution in [0.4, 0.5) is 5.69 Å². The normalized spacial score (nSPS) is 18.6. The van der Waals surface area contributed by atoms with Crippen LogP contribution in [0.2, 0.25) is 0 Å². The second kappa shape index (κ2) is 5.81. The molecular formula is C14H18N2O4. The van der Waals surface area contributed by atoms with Crippen LogP contribution in [0.1, 0.15) is 29.6 Å². The van der Waals surface area contributed by atoms with Crippen LogP contribution in [0, 0.1) is 0 Å². The average molecular weight is 278 g/mol. The molecule has 0 spiro atoms. The predicted octanol–water partition coefficient (Wildman–Crippen LogP) is 1.36. The summed E-state index contributed by atoms with van der Waals surface area (Å²) in [7, 11) is 1.45. The molecule has 1 heterocycles. The summed E-state index contributed by atoms with van der Waals surface area (Å²) in [6.45, 7) is 0.448. The fourth-order valence-electron chi connectivity index (χ4n) is 2.47. The maximum atomic E-state index is 12.5. The van der Waals surface area contributed by atoms with Crippen molar-refractivity contribution in [1.29, 1.82) is 0 Å². The fourth-order valence-corrected chi connectivity index (χ4v) is 2.47. The zero-order chi connectivity index (χ0) is 14.7. The SMILES string of the molecule is COc1cc(N)ccc1C(=O)N1CCCC[C@H]1C(=O)O. The van der Waals surface area contributed by atoms with Gasteiger partial charge in [-0.15, -0.1) is 0 Å². The summed E-state index contributed by atoms with van der Waals surface area (Å²) in [5, 5.41) is 9.23. The Kier molecular flexibility index (Phi) is 4.12. The number of carboxylic acid groups (broad SMARTS) is 1. The first-order valence-electron chi connectivity index (χ1n) is 6.52. The molecule has 1 aliphatic heterocycles. The first-order valence-corrected chi connectivity index (χ1v) is 6.52. The number of benzene rings is 1. The summed E-state index contributed by atoms with van der Waals surface area (Å²) < 4.78 is 5.16. The number of rotatable bonds is 3. The number of carboxylic acids is 1. The Balaban J connectivity index is 2.32. The van der Waals surface area contributed by atoms with Gasteiger partial charge in [0.05, 0.1) is 12.7 Å². The second-order valence-electron chi connectivity index (χ2n) is 4.81. The summed E-state index contributed by atoms with van der Waals surface area (Å²) in [5.74, 6) is -0.925. The Morgan fingerprint density at radius 2 is 2.15 bits per heavy atom. The third-order valence-electron chi connectivity index (χ3n) is 3.50. The molecule has 1 aliphatic rings. The van der Waals surface area contributed by atoms with E-state index in [1.54, 1.807) is 18.2 Å². The summed E-state index contributed by atoms with van der Waals surface area (Å²) in [4.78, 5) is 25.2. The smallest absolute Gasteiger partial charge is 0.326 e. The van der Waals surface area contributed by atoms with Gasteiger partial charge in [-0.1, -0.05) is 0 Å². The summed E-state index contributed by atoms with van der Waals surface area (Å²) in [5.41, 5.74) is 6.49. The van der Waals surface area contributed by atoms with Gasteiger partial charge in [0.2, 0.25) is 0 Å². The van der Waals surface area contributed by atoms with Crippen molar-refractivity contribution in [2.24, 2.45) is 0 Å². The Hall–Kier alpha value is -2.24. The number of carbonyl (C=O) groups is 2. The topological polar surface area (TPSA) is 92.9 Å². The van der Waals surface area contributed by atoms with Crippen LogP contribution in [-0.2, 0) is 4.79 Å². The van der Waals surface area contributed by atoms with Crippen molar-refractivity contribution in [3.8, 4) is 5.75 Å². The van der Waals surface area contributed by atoms with Crippen molar-refractivity contribution in [1.82, 2.24) is 4.90 Å². The molecule has 20 heavy (non-hydrogen) atoms. The standard InChI is InChI=1S/C14H18N2O4/c1-20-12-8-9(15)5-6-10(12)13(17)16-7-3-2-4-11(16)14(18)19/h5-6,8,11H,2-4,7,15H2,1H3,(H,18,19)/t11-/m0/s1. The molecule has 0 unspecified atom stereocenters. The van der Waals surface area contributed by atoms with Gasteiger partial charge in [-0.3, -0.25) is 4.79 Å². The fraction of sp³-hybridized carbons (Fsp3) is 0.429. The predicted molar refractivity (Wildman–Crippen MR) is 73.7 cm³/mol. The number of anilines is 1. The number of nitrogens with zero attached hydrogens (tertiary/aromatic N) is 1. The van der Waals surface area contributed by atoms with Crippen LogP contribution in [0.5, 0.6) is 5.75 Å². The number of ether oxygens (including phenoxy) is 1. The maximum absolute atomic E-state index is 12.5. The number of aliphatic carboxylic acids is 1. The number of hydrogen-bond acceptors (Lipinski definition) is 4. The minimum Gasteiger partial charge on any atom is -0.496 e. The molecule has 0 saturated carbocycles. The number of nitrogens with two attached hydrogens (primary N) is 1. The summed E-state index contributed by atoms with van der Waals surface area (Å²) in [6, 6.07) is 3.98. The molecule has 1 amide bonds. The van der Waals surface area contributed by atoms with E-state index in [-0.39, 0.29) is 5.91 Å². The van der Waals surface area contributed by atoms with Crippen molar-refractivity contribution >= 4 is 17.6 Å². The zero-order valence-electron chi connectivity index (χ0n) is 11.3. The molecule has 1 aromatic rings. The highest BCUT2D eigenvalue weighted by Gasteiger charge is 2.33.